The van der Waals surface area contributed by atoms with Crippen LogP contribution in [0.2, 0.25) is 0 Å². The number of carbonyl (C=O) groups excluding carboxylic acids is 1. The summed E-state index contributed by atoms with van der Waals surface area (Å²) in [5.74, 6) is 1.72. The van der Waals surface area contributed by atoms with Gasteiger partial charge >= 0.3 is 0 Å². The number of methoxy groups -OCH3 is 2. The minimum absolute atomic E-state index is 0.0450. The second-order valence-electron chi connectivity index (χ2n) is 7.07. The first-order valence-electron chi connectivity index (χ1n) is 9.83. The molecule has 1 heterocycles. The Morgan fingerprint density at radius 1 is 1.00 bits per heavy atom. The smallest absolute Gasteiger partial charge is 0.234 e. The van der Waals surface area contributed by atoms with E-state index in [1.54, 1.807) is 26.4 Å². The summed E-state index contributed by atoms with van der Waals surface area (Å²) in [6.45, 7) is 4.40. The van der Waals surface area contributed by atoms with Gasteiger partial charge < -0.3 is 24.8 Å². The van der Waals surface area contributed by atoms with Gasteiger partial charge in [0.05, 0.1) is 20.8 Å². The van der Waals surface area contributed by atoms with E-state index < -0.39 is 0 Å². The molecule has 0 spiro atoms. The highest BCUT2D eigenvalue weighted by molar-refractivity contribution is 5.78. The quantitative estimate of drug-likeness (QED) is 0.706. The van der Waals surface area contributed by atoms with Gasteiger partial charge in [0.25, 0.3) is 0 Å². The van der Waals surface area contributed by atoms with Crippen molar-refractivity contribution < 1.29 is 19.4 Å². The minimum atomic E-state index is 0.0450. The molecule has 0 aromatic heterocycles. The van der Waals surface area contributed by atoms with E-state index in [1.165, 1.54) is 0 Å². The monoisotopic (exact) mass is 399 g/mol. The summed E-state index contributed by atoms with van der Waals surface area (Å²) in [5.41, 5.74) is 2.19. The second kappa shape index (κ2) is 10.0. The first-order valence-corrected chi connectivity index (χ1v) is 9.83. The van der Waals surface area contributed by atoms with Crippen LogP contribution in [-0.2, 0) is 11.2 Å². The van der Waals surface area contributed by atoms with Crippen LogP contribution in [0.25, 0.3) is 0 Å². The Hall–Kier alpha value is -2.93. The molecule has 2 aromatic rings. The highest BCUT2D eigenvalue weighted by atomic mass is 16.5. The first-order chi connectivity index (χ1) is 14.1. The molecule has 0 aliphatic carbocycles. The Morgan fingerprint density at radius 3 is 2.34 bits per heavy atom. The Morgan fingerprint density at radius 2 is 1.69 bits per heavy atom. The number of phenols is 1. The molecule has 7 heteroatoms. The lowest BCUT2D eigenvalue weighted by molar-refractivity contribution is -0.122. The number of amides is 1. The third-order valence-corrected chi connectivity index (χ3v) is 5.14. The number of aromatic hydroxyl groups is 1. The van der Waals surface area contributed by atoms with Gasteiger partial charge in [0.15, 0.2) is 11.5 Å². The highest BCUT2D eigenvalue weighted by Crippen LogP contribution is 2.27. The van der Waals surface area contributed by atoms with Gasteiger partial charge in [-0.3, -0.25) is 9.69 Å². The summed E-state index contributed by atoms with van der Waals surface area (Å²) in [4.78, 5) is 16.7. The fourth-order valence-corrected chi connectivity index (χ4v) is 3.47. The molecule has 1 amide bonds. The number of ether oxygens (including phenoxy) is 2. The number of carbonyl (C=O) groups is 1. The molecule has 3 rings (SSSR count). The van der Waals surface area contributed by atoms with Gasteiger partial charge in [-0.1, -0.05) is 6.07 Å². The van der Waals surface area contributed by atoms with E-state index in [0.29, 0.717) is 24.6 Å². The van der Waals surface area contributed by atoms with Crippen LogP contribution in [0.3, 0.4) is 0 Å². The predicted octanol–water partition coefficient (Wildman–Crippen LogP) is 1.89. The Labute approximate surface area is 171 Å². The fourth-order valence-electron chi connectivity index (χ4n) is 3.47. The first kappa shape index (κ1) is 20.8. The lowest BCUT2D eigenvalue weighted by atomic mass is 10.1. The average Bonchev–Trinajstić information content (AvgIpc) is 2.75. The summed E-state index contributed by atoms with van der Waals surface area (Å²) >= 11 is 0. The summed E-state index contributed by atoms with van der Waals surface area (Å²) in [5, 5.41) is 12.4. The molecule has 7 nitrogen and oxygen atoms in total. The zero-order valence-electron chi connectivity index (χ0n) is 17.1. The van der Waals surface area contributed by atoms with Crippen molar-refractivity contribution in [2.45, 2.75) is 6.42 Å². The van der Waals surface area contributed by atoms with E-state index in [2.05, 4.69) is 15.1 Å². The van der Waals surface area contributed by atoms with Crippen LogP contribution in [0, 0.1) is 0 Å². The van der Waals surface area contributed by atoms with Crippen molar-refractivity contribution in [1.29, 1.82) is 0 Å². The summed E-state index contributed by atoms with van der Waals surface area (Å²) in [6, 6.07) is 13.0. The van der Waals surface area contributed by atoms with Crippen molar-refractivity contribution in [3.05, 3.63) is 48.0 Å². The van der Waals surface area contributed by atoms with Gasteiger partial charge in [0.2, 0.25) is 5.91 Å². The van der Waals surface area contributed by atoms with Crippen molar-refractivity contribution in [3.63, 3.8) is 0 Å². The van der Waals surface area contributed by atoms with E-state index in [9.17, 15) is 9.90 Å². The molecule has 0 atom stereocenters. The van der Waals surface area contributed by atoms with Crippen LogP contribution in [0.15, 0.2) is 42.5 Å². The largest absolute Gasteiger partial charge is 0.508 e. The molecule has 29 heavy (non-hydrogen) atoms. The Kier molecular flexibility index (Phi) is 7.19. The summed E-state index contributed by atoms with van der Waals surface area (Å²) in [7, 11) is 3.23. The van der Waals surface area contributed by atoms with E-state index in [4.69, 9.17) is 9.47 Å². The molecule has 0 saturated carbocycles. The van der Waals surface area contributed by atoms with Gasteiger partial charge in [-0.2, -0.15) is 0 Å². The zero-order valence-corrected chi connectivity index (χ0v) is 17.1. The standard InChI is InChI=1S/C22H29N3O4/c1-28-20-8-3-17(15-21(20)29-2)9-10-23-22(27)16-24-11-13-25(14-12-24)18-4-6-19(26)7-5-18/h3-8,15,26H,9-14,16H2,1-2H3,(H,23,27). The number of piperazine rings is 1. The molecule has 0 radical (unpaired) electrons. The maximum atomic E-state index is 12.3. The van der Waals surface area contributed by atoms with Crippen molar-refractivity contribution in [1.82, 2.24) is 10.2 Å². The molecule has 156 valence electrons. The van der Waals surface area contributed by atoms with E-state index in [0.717, 1.165) is 43.9 Å². The van der Waals surface area contributed by atoms with Crippen LogP contribution in [0.1, 0.15) is 5.56 Å². The lowest BCUT2D eigenvalue weighted by Crippen LogP contribution is -2.49. The summed E-state index contributed by atoms with van der Waals surface area (Å²) < 4.78 is 10.6. The number of nitrogens with zero attached hydrogens (tertiary/aromatic N) is 2. The van der Waals surface area contributed by atoms with Gasteiger partial charge in [-0.05, 0) is 48.4 Å². The van der Waals surface area contributed by atoms with Crippen LogP contribution in [0.5, 0.6) is 17.2 Å². The summed E-state index contributed by atoms with van der Waals surface area (Å²) in [6.07, 6.45) is 0.737. The van der Waals surface area contributed by atoms with Crippen molar-refractivity contribution in [2.24, 2.45) is 0 Å². The third-order valence-electron chi connectivity index (χ3n) is 5.14. The van der Waals surface area contributed by atoms with Crippen LogP contribution in [0.4, 0.5) is 5.69 Å². The topological polar surface area (TPSA) is 74.3 Å². The Bertz CT molecular complexity index is 802. The number of nitrogens with one attached hydrogen (secondary N) is 1. The van der Waals surface area contributed by atoms with Gasteiger partial charge in [0, 0.05) is 38.4 Å². The molecule has 0 unspecified atom stereocenters. The third kappa shape index (κ3) is 5.77. The molecule has 1 aliphatic rings. The number of rotatable bonds is 8. The molecular weight excluding hydrogens is 370 g/mol. The highest BCUT2D eigenvalue weighted by Gasteiger charge is 2.19. The van der Waals surface area contributed by atoms with Crippen LogP contribution >= 0.6 is 0 Å². The fraction of sp³-hybridized carbons (Fsp3) is 0.409. The Balaban J connectivity index is 1.39. The van der Waals surface area contributed by atoms with Crippen LogP contribution < -0.4 is 19.7 Å². The second-order valence-corrected chi connectivity index (χ2v) is 7.07. The normalized spacial score (nSPS) is 14.5. The van der Waals surface area contributed by atoms with E-state index >= 15 is 0 Å². The lowest BCUT2D eigenvalue weighted by Gasteiger charge is -2.35. The number of benzene rings is 2. The molecule has 1 fully saturated rings. The SMILES string of the molecule is COc1ccc(CCNC(=O)CN2CCN(c3ccc(O)cc3)CC2)cc1OC. The predicted molar refractivity (Wildman–Crippen MR) is 113 cm³/mol. The number of anilines is 1. The molecular formula is C22H29N3O4. The minimum Gasteiger partial charge on any atom is -0.508 e. The number of hydrogen-bond donors (Lipinski definition) is 2. The zero-order chi connectivity index (χ0) is 20.6. The van der Waals surface area contributed by atoms with Crippen molar-refractivity contribution >= 4 is 11.6 Å². The van der Waals surface area contributed by atoms with Crippen molar-refractivity contribution in [2.75, 3.05) is 58.4 Å². The van der Waals surface area contributed by atoms with Crippen molar-refractivity contribution in [3.8, 4) is 17.2 Å². The maximum Gasteiger partial charge on any atom is 0.234 e. The van der Waals surface area contributed by atoms with E-state index in [1.807, 2.05) is 30.3 Å². The van der Waals surface area contributed by atoms with Crippen LogP contribution in [-0.4, -0.2) is 69.4 Å². The average molecular weight is 399 g/mol. The molecule has 0 bridgehead atoms. The van der Waals surface area contributed by atoms with E-state index in [-0.39, 0.29) is 11.7 Å². The molecule has 2 aromatic carbocycles. The van der Waals surface area contributed by atoms with Gasteiger partial charge in [0.1, 0.15) is 5.75 Å². The molecule has 2 N–H and O–H groups in total. The van der Waals surface area contributed by atoms with Gasteiger partial charge in [-0.15, -0.1) is 0 Å². The molecule has 1 aliphatic heterocycles. The maximum absolute atomic E-state index is 12.3. The van der Waals surface area contributed by atoms with Gasteiger partial charge in [-0.25, -0.2) is 0 Å². The molecule has 1 saturated heterocycles. The number of phenolic OH excluding ortho intramolecular Hbond substituents is 1. The number of hydrogen-bond acceptors (Lipinski definition) is 6.